The summed E-state index contributed by atoms with van der Waals surface area (Å²) in [4.78, 5) is 66.6. The fraction of sp³-hybridized carbons (Fsp3) is 0.307. The summed E-state index contributed by atoms with van der Waals surface area (Å²) in [6.07, 6.45) is 0. The molecule has 16 aromatic carbocycles. The zero-order valence-corrected chi connectivity index (χ0v) is 94.1. The Balaban J connectivity index is 0.000000136. The lowest BCUT2D eigenvalue weighted by Crippen LogP contribution is -2.24. The number of benzene rings is 16. The van der Waals surface area contributed by atoms with Gasteiger partial charge in [0.1, 0.15) is 23.3 Å². The van der Waals surface area contributed by atoms with Crippen molar-refractivity contribution in [3.63, 3.8) is 0 Å². The fourth-order valence-corrected chi connectivity index (χ4v) is 21.5. The number of pyridine rings is 1. The first-order valence-corrected chi connectivity index (χ1v) is 53.3. The molecule has 6 heterocycles. The maximum atomic E-state index is 5.36. The van der Waals surface area contributed by atoms with Crippen molar-refractivity contribution in [1.29, 1.82) is 0 Å². The van der Waals surface area contributed by atoms with Crippen LogP contribution in [0.15, 0.2) is 249 Å². The van der Waals surface area contributed by atoms with Crippen molar-refractivity contribution in [1.82, 2.24) is 64.8 Å². The van der Waals surface area contributed by atoms with Gasteiger partial charge in [0.2, 0.25) is 0 Å². The van der Waals surface area contributed by atoms with E-state index >= 15 is 0 Å². The third-order valence-corrected chi connectivity index (χ3v) is 29.8. The average molecular weight is 1970 g/mol. The van der Waals surface area contributed by atoms with Crippen molar-refractivity contribution in [3.8, 4) is 113 Å². The molecule has 0 bridgehead atoms. The highest BCUT2D eigenvalue weighted by molar-refractivity contribution is 6.33. The number of aryl methyl sites for hydroxylation is 7. The van der Waals surface area contributed by atoms with Crippen LogP contribution in [0.2, 0.25) is 0 Å². The van der Waals surface area contributed by atoms with Crippen LogP contribution < -0.4 is 0 Å². The van der Waals surface area contributed by atoms with E-state index in [2.05, 4.69) is 468 Å². The molecular formula is C137H141N13. The van der Waals surface area contributed by atoms with Crippen LogP contribution in [-0.4, -0.2) is 64.8 Å². The highest BCUT2D eigenvalue weighted by atomic mass is 15.1. The molecular weight excluding hydrogens is 1830 g/mol. The maximum absolute atomic E-state index is 5.36. The van der Waals surface area contributed by atoms with E-state index in [0.29, 0.717) is 11.6 Å². The zero-order valence-electron chi connectivity index (χ0n) is 94.1. The van der Waals surface area contributed by atoms with E-state index in [1.54, 1.807) is 0 Å². The van der Waals surface area contributed by atoms with Crippen LogP contribution in [0, 0.1) is 48.5 Å². The van der Waals surface area contributed by atoms with Crippen LogP contribution in [-0.2, 0) is 43.3 Å². The Kier molecular flexibility index (Phi) is 25.5. The van der Waals surface area contributed by atoms with Crippen LogP contribution in [0.5, 0.6) is 0 Å². The molecule has 0 atom stereocenters. The van der Waals surface area contributed by atoms with Gasteiger partial charge in [0, 0.05) is 82.4 Å². The molecule has 13 nitrogen and oxygen atoms in total. The summed E-state index contributed by atoms with van der Waals surface area (Å²) in [5.74, 6) is 6.98. The molecule has 0 aliphatic rings. The molecule has 0 radical (unpaired) electrons. The van der Waals surface area contributed by atoms with E-state index in [1.165, 1.54) is 148 Å². The summed E-state index contributed by atoms with van der Waals surface area (Å²) in [6, 6.07) is 91.5. The molecule has 150 heavy (non-hydrogen) atoms. The molecule has 13 heteroatoms. The summed E-state index contributed by atoms with van der Waals surface area (Å²) in [5, 5.41) is 21.7. The van der Waals surface area contributed by atoms with Gasteiger partial charge in [-0.05, 0) is 309 Å². The van der Waals surface area contributed by atoms with Gasteiger partial charge in [-0.2, -0.15) is 0 Å². The summed E-state index contributed by atoms with van der Waals surface area (Å²) in [7, 11) is 0. The van der Waals surface area contributed by atoms with Gasteiger partial charge in [-0.3, -0.25) is 4.98 Å². The smallest absolute Gasteiger partial charge is 0.164 e. The third kappa shape index (κ3) is 19.2. The van der Waals surface area contributed by atoms with Crippen molar-refractivity contribution in [2.24, 2.45) is 0 Å². The summed E-state index contributed by atoms with van der Waals surface area (Å²) in [5.41, 5.74) is 29.1. The van der Waals surface area contributed by atoms with Crippen LogP contribution in [0.1, 0.15) is 277 Å². The van der Waals surface area contributed by atoms with Crippen molar-refractivity contribution in [2.75, 3.05) is 0 Å². The monoisotopic (exact) mass is 1970 g/mol. The molecule has 0 saturated carbocycles. The number of rotatable bonds is 11. The number of hydrogen-bond donors (Lipinski definition) is 0. The lowest BCUT2D eigenvalue weighted by molar-refractivity contribution is 0.497. The maximum Gasteiger partial charge on any atom is 0.164 e. The van der Waals surface area contributed by atoms with Crippen molar-refractivity contribution < 1.29 is 0 Å². The minimum Gasteiger partial charge on any atom is -0.253 e. The fourth-order valence-electron chi connectivity index (χ4n) is 21.5. The Bertz CT molecular complexity index is 8930. The van der Waals surface area contributed by atoms with Crippen LogP contribution >= 0.6 is 0 Å². The van der Waals surface area contributed by atoms with E-state index in [0.717, 1.165) is 141 Å². The Labute approximate surface area is 885 Å². The lowest BCUT2D eigenvalue weighted by atomic mass is 9.82. The van der Waals surface area contributed by atoms with Crippen molar-refractivity contribution >= 4 is 97.0 Å². The van der Waals surface area contributed by atoms with Crippen molar-refractivity contribution in [2.45, 2.75) is 278 Å². The average Bonchev–Trinajstić information content (AvgIpc) is 0.716. The van der Waals surface area contributed by atoms with Crippen LogP contribution in [0.4, 0.5) is 0 Å². The second-order valence-electron chi connectivity index (χ2n) is 50.5. The van der Waals surface area contributed by atoms with E-state index in [1.807, 2.05) is 13.8 Å². The van der Waals surface area contributed by atoms with Gasteiger partial charge in [-0.15, -0.1) is 0 Å². The first-order valence-electron chi connectivity index (χ1n) is 53.3. The Morgan fingerprint density at radius 1 is 0.193 bits per heavy atom. The highest BCUT2D eigenvalue weighted by Gasteiger charge is 2.35. The van der Waals surface area contributed by atoms with Gasteiger partial charge in [0.25, 0.3) is 0 Å². The molecule has 22 rings (SSSR count). The molecule has 0 amide bonds. The number of aromatic nitrogens is 13. The van der Waals surface area contributed by atoms with Gasteiger partial charge < -0.3 is 0 Å². The second kappa shape index (κ2) is 37.4. The molecule has 0 saturated heterocycles. The third-order valence-electron chi connectivity index (χ3n) is 29.8. The molecule has 0 fully saturated rings. The predicted molar refractivity (Wildman–Crippen MR) is 633 cm³/mol. The first kappa shape index (κ1) is 102. The first-order chi connectivity index (χ1) is 70.6. The van der Waals surface area contributed by atoms with E-state index in [4.69, 9.17) is 59.8 Å². The Morgan fingerprint density at radius 3 is 1.00 bits per heavy atom. The Morgan fingerprint density at radius 2 is 0.540 bits per heavy atom. The molecule has 6 aromatic heterocycles. The summed E-state index contributed by atoms with van der Waals surface area (Å²) < 4.78 is 0. The van der Waals surface area contributed by atoms with Gasteiger partial charge >= 0.3 is 0 Å². The molecule has 0 aliphatic carbocycles. The lowest BCUT2D eigenvalue weighted by Gasteiger charge is -2.26. The van der Waals surface area contributed by atoms with Crippen molar-refractivity contribution in [3.05, 3.63) is 340 Å². The van der Waals surface area contributed by atoms with E-state index < -0.39 is 0 Å². The van der Waals surface area contributed by atoms with Gasteiger partial charge in [-0.25, -0.2) is 59.8 Å². The second-order valence-corrected chi connectivity index (χ2v) is 50.5. The molecule has 0 spiro atoms. The molecule has 0 unspecified atom stereocenters. The SMILES string of the molecule is Cc1ccc(C)c(-c2cc3ccc4c(-c5nc(C(C)(C)C)cc(C(C)(C)C)n5)cc(-c5ccccc5)c5cc(-c6ccccc6)c(c2)c3c54)n1.Cc1ccccc1-c1cc2ccc3c(-c4nc(C(C)(C)C)cc(C(C)(C)C)n4)cc(-c4nc(C(C)(C)C)nc(C(C)(C)C)n4)c4cc(C(C)C)c(c1)c2c34.Cc1nc(C)nc(-c2ccc3ccc4c(-c5nc(C(C)(C)C)cc(C(C)(C)C)n5)cc(-c5c(C)cccc5C)c5ccc2c3c45)n1. The van der Waals surface area contributed by atoms with E-state index in [-0.39, 0.29) is 49.2 Å². The Hall–Kier alpha value is -15.0. The normalized spacial score (nSPS) is 12.8. The minimum atomic E-state index is -0.273. The molecule has 754 valence electrons. The van der Waals surface area contributed by atoms with Gasteiger partial charge in [0.05, 0.1) is 39.9 Å². The standard InChI is InChI=1S/C49H57N5.C47H43N3.C41H41N5/c1-27(2)33-24-35-37(43-52-44(48(10,11)12)54-45(53-43)49(13,14)15)25-36(42-50-38(46(4,5)6)26-39(51-42)47(7,8)9)32-21-20-29-22-30(23-34(33)40(29)41(32)35)31-19-17-16-18-28(31)3;1-28-19-20-29(2)48-44(28)33-23-32-21-22-34-39(45-49-40(46(3,4)5)27-41(50-45)47(6,7)8)26-36(31-17-13-10-14-18-31)38-25-35(30-15-11-9-12-16-30)37(24-33)42(32)43(34)38;1-22-12-11-13-23(2)35(22)31-20-32(39-45-33(40(5,6)7)21-34(46-39)41(8,9)10)29-16-14-26-15-17-30(38-43-24(3)42-25(4)44-38)27-18-19-28(31)37(29)36(26)27/h16-27H,1-15H3;9-27H,1-8H3;11-21H,1-10H3. The van der Waals surface area contributed by atoms with Crippen LogP contribution in [0.25, 0.3) is 210 Å². The quantitative estimate of drug-likeness (QED) is 0.112. The molecule has 22 aromatic rings. The van der Waals surface area contributed by atoms with Gasteiger partial charge in [0.15, 0.2) is 29.1 Å². The summed E-state index contributed by atoms with van der Waals surface area (Å²) in [6.45, 7) is 72.5. The number of nitrogens with zero attached hydrogens (tertiary/aromatic N) is 13. The largest absolute Gasteiger partial charge is 0.253 e. The minimum absolute atomic E-state index is 0.132. The topological polar surface area (TPSA) is 168 Å². The van der Waals surface area contributed by atoms with Gasteiger partial charge in [-0.1, -0.05) is 344 Å². The number of hydrogen-bond acceptors (Lipinski definition) is 13. The van der Waals surface area contributed by atoms with Crippen LogP contribution in [0.3, 0.4) is 0 Å². The van der Waals surface area contributed by atoms with E-state index in [9.17, 15) is 0 Å². The highest BCUT2D eigenvalue weighted by Crippen LogP contribution is 2.54. The predicted octanol–water partition coefficient (Wildman–Crippen LogP) is 36.2. The molecule has 0 aliphatic heterocycles. The molecule has 0 N–H and O–H groups in total. The zero-order chi connectivity index (χ0) is 107. The summed E-state index contributed by atoms with van der Waals surface area (Å²) >= 11 is 0.